The van der Waals surface area contributed by atoms with Crippen LogP contribution in [0.5, 0.6) is 0 Å². The zero-order chi connectivity index (χ0) is 24.7. The highest BCUT2D eigenvalue weighted by Crippen LogP contribution is 2.22. The number of hydrogen-bond donors (Lipinski definition) is 3. The van der Waals surface area contributed by atoms with Crippen molar-refractivity contribution >= 4 is 17.7 Å². The van der Waals surface area contributed by atoms with E-state index in [9.17, 15) is 14.4 Å². The van der Waals surface area contributed by atoms with E-state index in [0.29, 0.717) is 31.0 Å². The summed E-state index contributed by atoms with van der Waals surface area (Å²) in [5.74, 6) is 0.416. The van der Waals surface area contributed by atoms with E-state index in [0.717, 1.165) is 70.6 Å². The van der Waals surface area contributed by atoms with Crippen molar-refractivity contribution in [3.05, 3.63) is 0 Å². The second-order valence-electron chi connectivity index (χ2n) is 11.5. The zero-order valence-corrected chi connectivity index (χ0v) is 22.1. The van der Waals surface area contributed by atoms with Crippen molar-refractivity contribution in [1.29, 1.82) is 0 Å². The average molecular weight is 490 g/mol. The third-order valence-corrected chi connectivity index (χ3v) is 8.43. The van der Waals surface area contributed by atoms with Gasteiger partial charge in [-0.25, -0.2) is 0 Å². The summed E-state index contributed by atoms with van der Waals surface area (Å²) in [6.07, 6.45) is 22.8. The highest BCUT2D eigenvalue weighted by atomic mass is 16.2. The molecule has 0 aliphatic heterocycles. The molecule has 6 nitrogen and oxygen atoms in total. The molecular weight excluding hydrogens is 438 g/mol. The van der Waals surface area contributed by atoms with Gasteiger partial charge >= 0.3 is 0 Å². The number of nitrogens with one attached hydrogen (secondary N) is 3. The van der Waals surface area contributed by atoms with Gasteiger partial charge < -0.3 is 16.0 Å². The van der Waals surface area contributed by atoms with Crippen molar-refractivity contribution < 1.29 is 14.4 Å². The van der Waals surface area contributed by atoms with Crippen LogP contribution in [0.3, 0.4) is 0 Å². The first-order chi connectivity index (χ1) is 17.1. The summed E-state index contributed by atoms with van der Waals surface area (Å²) in [5, 5.41) is 9.71. The van der Waals surface area contributed by atoms with Crippen LogP contribution in [0.25, 0.3) is 0 Å². The molecule has 0 aromatic rings. The van der Waals surface area contributed by atoms with E-state index in [1.165, 1.54) is 57.8 Å². The maximum absolute atomic E-state index is 13.1. The van der Waals surface area contributed by atoms with Crippen LogP contribution in [-0.2, 0) is 14.4 Å². The highest BCUT2D eigenvalue weighted by Gasteiger charge is 2.23. The van der Waals surface area contributed by atoms with E-state index in [1.807, 2.05) is 0 Å². The van der Waals surface area contributed by atoms with Gasteiger partial charge in [-0.3, -0.25) is 14.4 Å². The van der Waals surface area contributed by atoms with E-state index >= 15 is 0 Å². The summed E-state index contributed by atoms with van der Waals surface area (Å²) in [5.41, 5.74) is 0. The fraction of sp³-hybridized carbons (Fsp3) is 0.897. The van der Waals surface area contributed by atoms with Crippen molar-refractivity contribution in [2.24, 2.45) is 5.92 Å². The SMILES string of the molecule is O=C(CCCCC(CCCC(=O)NC1CCCCC1)C(=O)NC1CCCCC1)NC1CCCCC1. The Morgan fingerprint density at radius 2 is 0.914 bits per heavy atom. The molecule has 0 aromatic heterocycles. The third kappa shape index (κ3) is 11.3. The standard InChI is InChI=1S/C29H51N3O3/c33-27(30-24-15-4-1-5-16-24)21-11-10-13-23(29(35)32-26-19-8-3-9-20-26)14-12-22-28(34)31-25-17-6-2-7-18-25/h23-26H,1-22H2,(H,30,33)(H,31,34)(H,32,35). The van der Waals surface area contributed by atoms with Gasteiger partial charge in [-0.2, -0.15) is 0 Å². The molecule has 3 rings (SSSR count). The molecule has 3 N–H and O–H groups in total. The summed E-state index contributed by atoms with van der Waals surface area (Å²) >= 11 is 0. The second-order valence-corrected chi connectivity index (χ2v) is 11.5. The predicted octanol–water partition coefficient (Wildman–Crippen LogP) is 5.68. The minimum atomic E-state index is -0.0548. The van der Waals surface area contributed by atoms with Gasteiger partial charge in [0.15, 0.2) is 0 Å². The highest BCUT2D eigenvalue weighted by molar-refractivity contribution is 5.79. The van der Waals surface area contributed by atoms with Gasteiger partial charge in [0.2, 0.25) is 17.7 Å². The summed E-state index contributed by atoms with van der Waals surface area (Å²) in [4.78, 5) is 37.9. The smallest absolute Gasteiger partial charge is 0.223 e. The summed E-state index contributed by atoms with van der Waals surface area (Å²) in [6.45, 7) is 0. The summed E-state index contributed by atoms with van der Waals surface area (Å²) in [6, 6.07) is 1.03. The molecule has 1 unspecified atom stereocenters. The van der Waals surface area contributed by atoms with Crippen LogP contribution in [0.15, 0.2) is 0 Å². The molecule has 35 heavy (non-hydrogen) atoms. The quantitative estimate of drug-likeness (QED) is 0.291. The predicted molar refractivity (Wildman–Crippen MR) is 141 cm³/mol. The first-order valence-corrected chi connectivity index (χ1v) is 15.0. The molecule has 1 atom stereocenters. The minimum absolute atomic E-state index is 0.0548. The lowest BCUT2D eigenvalue weighted by Crippen LogP contribution is -2.40. The first kappa shape index (κ1) is 28.0. The number of rotatable bonds is 13. The maximum atomic E-state index is 13.1. The van der Waals surface area contributed by atoms with Crippen LogP contribution in [0.2, 0.25) is 0 Å². The van der Waals surface area contributed by atoms with E-state index in [4.69, 9.17) is 0 Å². The molecule has 3 aliphatic rings. The Bertz CT molecular complexity index is 635. The monoisotopic (exact) mass is 489 g/mol. The van der Waals surface area contributed by atoms with Gasteiger partial charge in [0.25, 0.3) is 0 Å². The Labute approximate surface area is 213 Å². The molecule has 3 fully saturated rings. The number of hydrogen-bond acceptors (Lipinski definition) is 3. The van der Waals surface area contributed by atoms with Crippen LogP contribution in [0.1, 0.15) is 141 Å². The zero-order valence-electron chi connectivity index (χ0n) is 22.1. The van der Waals surface area contributed by atoms with Gasteiger partial charge in [-0.05, 0) is 64.2 Å². The lowest BCUT2D eigenvalue weighted by Gasteiger charge is -2.26. The van der Waals surface area contributed by atoms with E-state index in [-0.39, 0.29) is 23.6 Å². The van der Waals surface area contributed by atoms with Gasteiger partial charge in [0, 0.05) is 36.9 Å². The molecule has 0 radical (unpaired) electrons. The Hall–Kier alpha value is -1.59. The fourth-order valence-electron chi connectivity index (χ4n) is 6.25. The molecule has 200 valence electrons. The molecule has 6 heteroatoms. The lowest BCUT2D eigenvalue weighted by molar-refractivity contribution is -0.127. The lowest BCUT2D eigenvalue weighted by atomic mass is 9.91. The van der Waals surface area contributed by atoms with Gasteiger partial charge in [0.1, 0.15) is 0 Å². The van der Waals surface area contributed by atoms with E-state index in [2.05, 4.69) is 16.0 Å². The van der Waals surface area contributed by atoms with Crippen molar-refractivity contribution in [3.8, 4) is 0 Å². The van der Waals surface area contributed by atoms with Crippen molar-refractivity contribution in [2.75, 3.05) is 0 Å². The molecule has 3 saturated carbocycles. The summed E-state index contributed by atoms with van der Waals surface area (Å²) in [7, 11) is 0. The number of carbonyl (C=O) groups excluding carboxylic acids is 3. The topological polar surface area (TPSA) is 87.3 Å². The first-order valence-electron chi connectivity index (χ1n) is 15.0. The van der Waals surface area contributed by atoms with Crippen LogP contribution < -0.4 is 16.0 Å². The molecular formula is C29H51N3O3. The molecule has 0 bridgehead atoms. The Morgan fingerprint density at radius 3 is 1.40 bits per heavy atom. The normalized spacial score (nSPS) is 21.3. The van der Waals surface area contributed by atoms with E-state index < -0.39 is 0 Å². The minimum Gasteiger partial charge on any atom is -0.353 e. The number of amides is 3. The largest absolute Gasteiger partial charge is 0.353 e. The molecule has 0 heterocycles. The van der Waals surface area contributed by atoms with Crippen molar-refractivity contribution in [2.45, 2.75) is 159 Å². The molecule has 3 amide bonds. The third-order valence-electron chi connectivity index (χ3n) is 8.43. The van der Waals surface area contributed by atoms with Crippen LogP contribution in [0, 0.1) is 5.92 Å². The van der Waals surface area contributed by atoms with Crippen molar-refractivity contribution in [3.63, 3.8) is 0 Å². The van der Waals surface area contributed by atoms with Gasteiger partial charge in [-0.15, -0.1) is 0 Å². The number of carbonyl (C=O) groups is 3. The van der Waals surface area contributed by atoms with Gasteiger partial charge in [-0.1, -0.05) is 64.2 Å². The molecule has 0 aromatic carbocycles. The Morgan fingerprint density at radius 1 is 0.514 bits per heavy atom. The van der Waals surface area contributed by atoms with E-state index in [1.54, 1.807) is 0 Å². The Kier molecular flexibility index (Phi) is 13.0. The molecule has 0 saturated heterocycles. The molecule has 3 aliphatic carbocycles. The second kappa shape index (κ2) is 16.2. The fourth-order valence-corrected chi connectivity index (χ4v) is 6.25. The van der Waals surface area contributed by atoms with Crippen LogP contribution in [-0.4, -0.2) is 35.8 Å². The maximum Gasteiger partial charge on any atom is 0.223 e. The van der Waals surface area contributed by atoms with Crippen molar-refractivity contribution in [1.82, 2.24) is 16.0 Å². The van der Waals surface area contributed by atoms with Crippen LogP contribution >= 0.6 is 0 Å². The average Bonchev–Trinajstić information content (AvgIpc) is 2.87. The molecule has 0 spiro atoms. The summed E-state index contributed by atoms with van der Waals surface area (Å²) < 4.78 is 0. The van der Waals surface area contributed by atoms with Gasteiger partial charge in [0.05, 0.1) is 0 Å². The Balaban J connectivity index is 1.37. The number of unbranched alkanes of at least 4 members (excludes halogenated alkanes) is 1. The van der Waals surface area contributed by atoms with Crippen LogP contribution in [0.4, 0.5) is 0 Å².